The zero-order valence-corrected chi connectivity index (χ0v) is 7.40. The molecular formula is C8H12N2O3. The average molecular weight is 184 g/mol. The van der Waals surface area contributed by atoms with E-state index in [1.807, 2.05) is 12.1 Å². The Kier molecular flexibility index (Phi) is 5.22. The molecule has 1 rings (SSSR count). The quantitative estimate of drug-likeness (QED) is 0.518. The Morgan fingerprint density at radius 1 is 1.31 bits per heavy atom. The maximum absolute atomic E-state index is 8.25. The topological polar surface area (TPSA) is 93.8 Å². The van der Waals surface area contributed by atoms with Crippen LogP contribution in [0.3, 0.4) is 0 Å². The number of hydrogen-bond acceptors (Lipinski definition) is 3. The summed E-state index contributed by atoms with van der Waals surface area (Å²) in [5, 5.41) is 14.8. The van der Waals surface area contributed by atoms with Gasteiger partial charge in [0.25, 0.3) is 0 Å². The molecule has 0 bridgehead atoms. The van der Waals surface area contributed by atoms with Crippen molar-refractivity contribution in [1.82, 2.24) is 0 Å². The molecular weight excluding hydrogens is 172 g/mol. The molecule has 5 heteroatoms. The van der Waals surface area contributed by atoms with Crippen LogP contribution in [0.5, 0.6) is 0 Å². The smallest absolute Gasteiger partial charge is 0.127 e. The number of aryl methyl sites for hydroxylation is 1. The lowest BCUT2D eigenvalue weighted by atomic mass is 10.2. The van der Waals surface area contributed by atoms with Crippen molar-refractivity contribution in [1.29, 1.82) is 0 Å². The van der Waals surface area contributed by atoms with Gasteiger partial charge in [0.2, 0.25) is 0 Å². The van der Waals surface area contributed by atoms with E-state index in [0.29, 0.717) is 0 Å². The maximum atomic E-state index is 8.25. The van der Waals surface area contributed by atoms with E-state index < -0.39 is 5.09 Å². The van der Waals surface area contributed by atoms with Crippen molar-refractivity contribution in [2.24, 2.45) is 0 Å². The fourth-order valence-electron chi connectivity index (χ4n) is 0.775. The Hall–Kier alpha value is -1.62. The molecule has 0 aliphatic heterocycles. The molecule has 0 amide bonds. The van der Waals surface area contributed by atoms with Gasteiger partial charge in [-0.25, -0.2) is 0 Å². The first-order chi connectivity index (χ1) is 6.06. The molecule has 0 unspecified atom stereocenters. The van der Waals surface area contributed by atoms with Gasteiger partial charge in [0.1, 0.15) is 5.69 Å². The average Bonchev–Trinajstić information content (AvgIpc) is 2.05. The lowest BCUT2D eigenvalue weighted by molar-refractivity contribution is -0.402. The molecule has 1 aromatic rings. The SMILES string of the molecule is CCc1ccc([NH3+])cc1.O=[N+]([O-])[O-]. The Bertz CT molecular complexity index is 255. The normalized spacial score (nSPS) is 8.46. The molecule has 72 valence electrons. The van der Waals surface area contributed by atoms with Crippen LogP contribution in [0.25, 0.3) is 0 Å². The summed E-state index contributed by atoms with van der Waals surface area (Å²) in [6.45, 7) is 2.15. The van der Waals surface area contributed by atoms with Crippen molar-refractivity contribution in [3.8, 4) is 0 Å². The summed E-state index contributed by atoms with van der Waals surface area (Å²) in [7, 11) is 0. The third-order valence-electron chi connectivity index (χ3n) is 1.43. The molecule has 3 N–H and O–H groups in total. The Morgan fingerprint density at radius 2 is 1.69 bits per heavy atom. The van der Waals surface area contributed by atoms with E-state index in [1.54, 1.807) is 0 Å². The zero-order chi connectivity index (χ0) is 10.3. The third-order valence-corrected chi connectivity index (χ3v) is 1.43. The summed E-state index contributed by atoms with van der Waals surface area (Å²) in [6, 6.07) is 8.31. The van der Waals surface area contributed by atoms with E-state index in [2.05, 4.69) is 24.8 Å². The van der Waals surface area contributed by atoms with Crippen LogP contribution in [0.2, 0.25) is 0 Å². The molecule has 0 heterocycles. The van der Waals surface area contributed by atoms with E-state index >= 15 is 0 Å². The maximum Gasteiger partial charge on any atom is 0.127 e. The number of rotatable bonds is 1. The second kappa shape index (κ2) is 5.96. The highest BCUT2D eigenvalue weighted by Gasteiger charge is 1.87. The van der Waals surface area contributed by atoms with Gasteiger partial charge in [0, 0.05) is 0 Å². The summed E-state index contributed by atoms with van der Waals surface area (Å²) >= 11 is 0. The van der Waals surface area contributed by atoms with Gasteiger partial charge in [0.05, 0.1) is 5.09 Å². The molecule has 0 atom stereocenters. The van der Waals surface area contributed by atoms with Crippen LogP contribution in [0.4, 0.5) is 5.69 Å². The van der Waals surface area contributed by atoms with E-state index in [4.69, 9.17) is 15.3 Å². The minimum absolute atomic E-state index is 1.09. The predicted octanol–water partition coefficient (Wildman–Crippen LogP) is 0.883. The standard InChI is InChI=1S/C8H11N.NO3/c1-2-7-3-5-8(9)6-4-7;2-1(3)4/h3-6H,2,9H2,1H3;/q;-1/p+1. The fraction of sp³-hybridized carbons (Fsp3) is 0.250. The minimum atomic E-state index is -1.75. The second-order valence-electron chi connectivity index (χ2n) is 2.39. The van der Waals surface area contributed by atoms with Gasteiger partial charge < -0.3 is 21.1 Å². The molecule has 0 radical (unpaired) electrons. The van der Waals surface area contributed by atoms with Gasteiger partial charge in [-0.15, -0.1) is 0 Å². The van der Waals surface area contributed by atoms with Gasteiger partial charge in [-0.2, -0.15) is 0 Å². The van der Waals surface area contributed by atoms with Crippen LogP contribution < -0.4 is 5.73 Å². The fourth-order valence-corrected chi connectivity index (χ4v) is 0.775. The predicted molar refractivity (Wildman–Crippen MR) is 48.7 cm³/mol. The molecule has 0 saturated heterocycles. The molecule has 0 aliphatic rings. The molecule has 1 aromatic carbocycles. The first kappa shape index (κ1) is 11.4. The van der Waals surface area contributed by atoms with Crippen molar-refractivity contribution in [2.45, 2.75) is 13.3 Å². The Balaban J connectivity index is 0.000000310. The Labute approximate surface area is 75.9 Å². The van der Waals surface area contributed by atoms with Crippen molar-refractivity contribution in [2.75, 3.05) is 0 Å². The van der Waals surface area contributed by atoms with Crippen molar-refractivity contribution in [3.63, 3.8) is 0 Å². The van der Waals surface area contributed by atoms with Gasteiger partial charge in [0.15, 0.2) is 0 Å². The van der Waals surface area contributed by atoms with Gasteiger partial charge in [-0.1, -0.05) is 19.1 Å². The summed E-state index contributed by atoms with van der Waals surface area (Å²) in [5.41, 5.74) is 6.26. The molecule has 13 heavy (non-hydrogen) atoms. The van der Waals surface area contributed by atoms with E-state index in [-0.39, 0.29) is 0 Å². The van der Waals surface area contributed by atoms with E-state index in [9.17, 15) is 0 Å². The summed E-state index contributed by atoms with van der Waals surface area (Å²) in [4.78, 5) is 8.25. The van der Waals surface area contributed by atoms with Crippen LogP contribution in [0.15, 0.2) is 24.3 Å². The van der Waals surface area contributed by atoms with Crippen molar-refractivity contribution < 1.29 is 10.8 Å². The van der Waals surface area contributed by atoms with E-state index in [0.717, 1.165) is 12.1 Å². The van der Waals surface area contributed by atoms with Crippen LogP contribution in [0.1, 0.15) is 12.5 Å². The number of hydrogen-bond donors (Lipinski definition) is 1. The van der Waals surface area contributed by atoms with Gasteiger partial charge in [-0.05, 0) is 24.1 Å². The first-order valence-electron chi connectivity index (χ1n) is 3.78. The molecule has 5 nitrogen and oxygen atoms in total. The van der Waals surface area contributed by atoms with Crippen LogP contribution in [-0.2, 0) is 6.42 Å². The highest BCUT2D eigenvalue weighted by molar-refractivity contribution is 5.30. The molecule has 0 fully saturated rings. The second-order valence-corrected chi connectivity index (χ2v) is 2.39. The summed E-state index contributed by atoms with van der Waals surface area (Å²) < 4.78 is 0. The summed E-state index contributed by atoms with van der Waals surface area (Å²) in [6.07, 6.45) is 1.11. The zero-order valence-electron chi connectivity index (χ0n) is 7.40. The highest BCUT2D eigenvalue weighted by atomic mass is 16.9. The van der Waals surface area contributed by atoms with Gasteiger partial charge in [-0.3, -0.25) is 0 Å². The molecule has 0 aromatic heterocycles. The van der Waals surface area contributed by atoms with Crippen molar-refractivity contribution in [3.05, 3.63) is 45.2 Å². The summed E-state index contributed by atoms with van der Waals surface area (Å²) in [5.74, 6) is 0. The number of nitrogens with zero attached hydrogens (tertiary/aromatic N) is 1. The van der Waals surface area contributed by atoms with E-state index in [1.165, 1.54) is 5.56 Å². The minimum Gasteiger partial charge on any atom is -0.356 e. The first-order valence-corrected chi connectivity index (χ1v) is 3.78. The van der Waals surface area contributed by atoms with Crippen LogP contribution in [-0.4, -0.2) is 5.09 Å². The lowest BCUT2D eigenvalue weighted by Crippen LogP contribution is -2.39. The lowest BCUT2D eigenvalue weighted by Gasteiger charge is -1.92. The molecule has 0 aliphatic carbocycles. The molecule has 0 spiro atoms. The monoisotopic (exact) mass is 184 g/mol. The third kappa shape index (κ3) is 6.77. The number of quaternary nitrogens is 1. The van der Waals surface area contributed by atoms with Crippen LogP contribution >= 0.6 is 0 Å². The van der Waals surface area contributed by atoms with Crippen LogP contribution in [0, 0.1) is 15.3 Å². The van der Waals surface area contributed by atoms with Crippen molar-refractivity contribution >= 4 is 5.69 Å². The Morgan fingerprint density at radius 3 is 2.00 bits per heavy atom. The number of benzene rings is 1. The van der Waals surface area contributed by atoms with Gasteiger partial charge >= 0.3 is 0 Å². The highest BCUT2D eigenvalue weighted by Crippen LogP contribution is 2.03. The largest absolute Gasteiger partial charge is 0.356 e. The molecule has 0 saturated carbocycles.